The van der Waals surface area contributed by atoms with Crippen molar-refractivity contribution in [1.29, 1.82) is 0 Å². The molecule has 0 aromatic carbocycles. The highest BCUT2D eigenvalue weighted by molar-refractivity contribution is 5.84. The van der Waals surface area contributed by atoms with Gasteiger partial charge in [0.15, 0.2) is 0 Å². The molecule has 0 aliphatic carbocycles. The molecule has 1 aromatic heterocycles. The molecular weight excluding hydrogens is 236 g/mol. The zero-order valence-corrected chi connectivity index (χ0v) is 10.7. The van der Waals surface area contributed by atoms with Gasteiger partial charge in [-0.2, -0.15) is 0 Å². The number of aromatic nitrogens is 2. The van der Waals surface area contributed by atoms with E-state index < -0.39 is 23.6 Å². The van der Waals surface area contributed by atoms with Crippen molar-refractivity contribution in [3.8, 4) is 0 Å². The van der Waals surface area contributed by atoms with Crippen LogP contribution >= 0.6 is 0 Å². The number of aromatic amines is 1. The minimum atomic E-state index is -0.833. The van der Waals surface area contributed by atoms with Gasteiger partial charge >= 0.3 is 6.09 Å². The molecule has 2 amide bonds. The van der Waals surface area contributed by atoms with Gasteiger partial charge in [-0.05, 0) is 20.8 Å². The van der Waals surface area contributed by atoms with Gasteiger partial charge in [0.25, 0.3) is 0 Å². The van der Waals surface area contributed by atoms with Crippen molar-refractivity contribution in [2.75, 3.05) is 0 Å². The maximum Gasteiger partial charge on any atom is 0.408 e. The lowest BCUT2D eigenvalue weighted by Crippen LogP contribution is -2.47. The van der Waals surface area contributed by atoms with Crippen LogP contribution in [-0.4, -0.2) is 33.6 Å². The number of primary amides is 1. The van der Waals surface area contributed by atoms with Crippen LogP contribution in [0.2, 0.25) is 0 Å². The van der Waals surface area contributed by atoms with E-state index in [2.05, 4.69) is 15.3 Å². The van der Waals surface area contributed by atoms with Crippen LogP contribution < -0.4 is 11.1 Å². The Bertz CT molecular complexity index is 408. The number of nitrogens with two attached hydrogens (primary N) is 1. The first-order valence-electron chi connectivity index (χ1n) is 5.54. The zero-order chi connectivity index (χ0) is 13.8. The number of nitrogens with zero attached hydrogens (tertiary/aromatic N) is 1. The van der Waals surface area contributed by atoms with Gasteiger partial charge in [-0.3, -0.25) is 4.79 Å². The fourth-order valence-electron chi connectivity index (χ4n) is 1.29. The number of ether oxygens (including phenoxy) is 1. The van der Waals surface area contributed by atoms with Crippen LogP contribution in [0.5, 0.6) is 0 Å². The number of imidazole rings is 1. The Morgan fingerprint density at radius 3 is 2.67 bits per heavy atom. The molecule has 1 atom stereocenters. The summed E-state index contributed by atoms with van der Waals surface area (Å²) in [5, 5.41) is 2.43. The summed E-state index contributed by atoms with van der Waals surface area (Å²) in [7, 11) is 0. The van der Waals surface area contributed by atoms with Gasteiger partial charge in [0.2, 0.25) is 5.91 Å². The maximum atomic E-state index is 11.5. The SMILES string of the molecule is CC(C)(C)OC(=O)N[C@@H](Cc1cnc[nH]1)C(N)=O. The van der Waals surface area contributed by atoms with Crippen LogP contribution in [0, 0.1) is 0 Å². The van der Waals surface area contributed by atoms with Crippen molar-refractivity contribution in [3.63, 3.8) is 0 Å². The molecule has 0 fully saturated rings. The van der Waals surface area contributed by atoms with Crippen molar-refractivity contribution in [2.45, 2.75) is 38.8 Å². The minimum Gasteiger partial charge on any atom is -0.444 e. The Morgan fingerprint density at radius 1 is 1.56 bits per heavy atom. The van der Waals surface area contributed by atoms with Crippen LogP contribution in [0.15, 0.2) is 12.5 Å². The molecule has 18 heavy (non-hydrogen) atoms. The lowest BCUT2D eigenvalue weighted by molar-refractivity contribution is -0.120. The summed E-state index contributed by atoms with van der Waals surface area (Å²) in [4.78, 5) is 29.4. The minimum absolute atomic E-state index is 0.245. The topological polar surface area (TPSA) is 110 Å². The smallest absolute Gasteiger partial charge is 0.408 e. The van der Waals surface area contributed by atoms with Crippen LogP contribution in [0.3, 0.4) is 0 Å². The predicted octanol–water partition coefficient (Wildman–Crippen LogP) is 0.331. The number of alkyl carbamates (subject to hydrolysis) is 1. The van der Waals surface area contributed by atoms with E-state index in [4.69, 9.17) is 10.5 Å². The molecule has 100 valence electrons. The van der Waals surface area contributed by atoms with E-state index in [9.17, 15) is 9.59 Å². The third-order valence-electron chi connectivity index (χ3n) is 2.01. The van der Waals surface area contributed by atoms with Crippen LogP contribution in [0.1, 0.15) is 26.5 Å². The molecule has 0 aliphatic heterocycles. The van der Waals surface area contributed by atoms with Crippen molar-refractivity contribution < 1.29 is 14.3 Å². The molecule has 1 heterocycles. The molecule has 0 saturated carbocycles. The van der Waals surface area contributed by atoms with E-state index in [0.717, 1.165) is 0 Å². The Kier molecular flexibility index (Phi) is 4.30. The molecule has 0 spiro atoms. The number of carbonyl (C=O) groups excluding carboxylic acids is 2. The quantitative estimate of drug-likeness (QED) is 0.719. The third-order valence-corrected chi connectivity index (χ3v) is 2.01. The van der Waals surface area contributed by atoms with E-state index in [1.807, 2.05) is 0 Å². The highest BCUT2D eigenvalue weighted by Crippen LogP contribution is 2.07. The number of rotatable bonds is 4. The highest BCUT2D eigenvalue weighted by atomic mass is 16.6. The second-order valence-corrected chi connectivity index (χ2v) is 4.88. The average Bonchev–Trinajstić information content (AvgIpc) is 2.66. The first-order valence-corrected chi connectivity index (χ1v) is 5.54. The lowest BCUT2D eigenvalue weighted by Gasteiger charge is -2.22. The van der Waals surface area contributed by atoms with Gasteiger partial charge in [0, 0.05) is 18.3 Å². The van der Waals surface area contributed by atoms with E-state index in [1.165, 1.54) is 6.33 Å². The molecule has 7 heteroatoms. The predicted molar refractivity (Wildman–Crippen MR) is 64.6 cm³/mol. The maximum absolute atomic E-state index is 11.5. The zero-order valence-electron chi connectivity index (χ0n) is 10.7. The molecule has 0 radical (unpaired) electrons. The third kappa shape index (κ3) is 4.86. The molecule has 7 nitrogen and oxygen atoms in total. The number of amides is 2. The summed E-state index contributed by atoms with van der Waals surface area (Å²) in [6, 6.07) is -0.833. The Hall–Kier alpha value is -2.05. The highest BCUT2D eigenvalue weighted by Gasteiger charge is 2.23. The summed E-state index contributed by atoms with van der Waals surface area (Å²) in [5.74, 6) is -0.629. The van der Waals surface area contributed by atoms with Crippen molar-refractivity contribution in [2.24, 2.45) is 5.73 Å². The standard InChI is InChI=1S/C11H18N4O3/c1-11(2,3)18-10(17)15-8(9(12)16)4-7-5-13-6-14-7/h5-6,8H,4H2,1-3H3,(H2,12,16)(H,13,14)(H,15,17)/t8-/m0/s1. The van der Waals surface area contributed by atoms with E-state index in [1.54, 1.807) is 27.0 Å². The largest absolute Gasteiger partial charge is 0.444 e. The first kappa shape index (κ1) is 14.0. The fraction of sp³-hybridized carbons (Fsp3) is 0.545. The lowest BCUT2D eigenvalue weighted by atomic mass is 10.1. The summed E-state index contributed by atoms with van der Waals surface area (Å²) in [5.41, 5.74) is 5.30. The molecule has 0 saturated heterocycles. The summed E-state index contributed by atoms with van der Waals surface area (Å²) in [6.07, 6.45) is 2.62. The van der Waals surface area contributed by atoms with Crippen LogP contribution in [-0.2, 0) is 16.0 Å². The van der Waals surface area contributed by atoms with Gasteiger partial charge in [0.05, 0.1) is 6.33 Å². The number of H-pyrrole nitrogens is 1. The molecule has 1 aromatic rings. The first-order chi connectivity index (χ1) is 8.28. The second kappa shape index (κ2) is 5.52. The van der Waals surface area contributed by atoms with Gasteiger partial charge in [-0.25, -0.2) is 9.78 Å². The molecular formula is C11H18N4O3. The second-order valence-electron chi connectivity index (χ2n) is 4.88. The molecule has 0 bridgehead atoms. The van der Waals surface area contributed by atoms with E-state index in [-0.39, 0.29) is 6.42 Å². The number of hydrogen-bond donors (Lipinski definition) is 3. The number of nitrogens with one attached hydrogen (secondary N) is 2. The van der Waals surface area contributed by atoms with Crippen LogP contribution in [0.4, 0.5) is 4.79 Å². The van der Waals surface area contributed by atoms with Gasteiger partial charge in [-0.15, -0.1) is 0 Å². The normalized spacial score (nSPS) is 12.8. The van der Waals surface area contributed by atoms with Crippen molar-refractivity contribution in [1.82, 2.24) is 15.3 Å². The van der Waals surface area contributed by atoms with Gasteiger partial charge < -0.3 is 20.8 Å². The number of carbonyl (C=O) groups is 2. The monoisotopic (exact) mass is 254 g/mol. The summed E-state index contributed by atoms with van der Waals surface area (Å²) >= 11 is 0. The number of hydrogen-bond acceptors (Lipinski definition) is 4. The molecule has 1 rings (SSSR count). The van der Waals surface area contributed by atoms with Gasteiger partial charge in [0.1, 0.15) is 11.6 Å². The van der Waals surface area contributed by atoms with Gasteiger partial charge in [-0.1, -0.05) is 0 Å². The average molecular weight is 254 g/mol. The Labute approximate surface area is 105 Å². The van der Waals surface area contributed by atoms with E-state index in [0.29, 0.717) is 5.69 Å². The molecule has 0 aliphatic rings. The van der Waals surface area contributed by atoms with Crippen molar-refractivity contribution >= 4 is 12.0 Å². The Balaban J connectivity index is 2.58. The van der Waals surface area contributed by atoms with E-state index >= 15 is 0 Å². The van der Waals surface area contributed by atoms with Crippen molar-refractivity contribution in [3.05, 3.63) is 18.2 Å². The molecule has 0 unspecified atom stereocenters. The molecule has 4 N–H and O–H groups in total. The van der Waals surface area contributed by atoms with Crippen LogP contribution in [0.25, 0.3) is 0 Å². The summed E-state index contributed by atoms with van der Waals surface area (Å²) < 4.78 is 5.05. The Morgan fingerprint density at radius 2 is 2.22 bits per heavy atom. The summed E-state index contributed by atoms with van der Waals surface area (Å²) in [6.45, 7) is 5.21. The fourth-order valence-corrected chi connectivity index (χ4v) is 1.29.